The monoisotopic (exact) mass is 368 g/mol. The molecule has 1 atom stereocenters. The van der Waals surface area contributed by atoms with Gasteiger partial charge in [-0.15, -0.1) is 0 Å². The predicted molar refractivity (Wildman–Crippen MR) is 95.0 cm³/mol. The van der Waals surface area contributed by atoms with Gasteiger partial charge in [0.2, 0.25) is 0 Å². The molecule has 0 fully saturated rings. The number of non-ortho nitro benzene ring substituents is 1. The summed E-state index contributed by atoms with van der Waals surface area (Å²) in [5.41, 5.74) is 9.84. The fraction of sp³-hybridized carbons (Fsp3) is 0.167. The fourth-order valence-electron chi connectivity index (χ4n) is 2.27. The number of amides is 1. The Bertz CT molecular complexity index is 861. The molecule has 0 spiro atoms. The van der Waals surface area contributed by atoms with Crippen LogP contribution in [0.5, 0.6) is 0 Å². The Kier molecular flexibility index (Phi) is 6.92. The minimum absolute atomic E-state index is 0.0694. The molecule has 1 N–H and O–H groups in total. The van der Waals surface area contributed by atoms with Crippen LogP contribution in [0.1, 0.15) is 11.1 Å². The Morgan fingerprint density at radius 3 is 2.41 bits per heavy atom. The van der Waals surface area contributed by atoms with Crippen molar-refractivity contribution in [1.82, 2.24) is 5.32 Å². The van der Waals surface area contributed by atoms with Gasteiger partial charge in [-0.3, -0.25) is 14.9 Å². The first-order valence-corrected chi connectivity index (χ1v) is 7.91. The summed E-state index contributed by atoms with van der Waals surface area (Å²) in [6, 6.07) is 13.6. The molecule has 0 aliphatic rings. The lowest BCUT2D eigenvalue weighted by molar-refractivity contribution is -0.384. The second kappa shape index (κ2) is 9.59. The third-order valence-corrected chi connectivity index (χ3v) is 3.62. The number of rotatable bonds is 8. The zero-order valence-corrected chi connectivity index (χ0v) is 14.1. The molecule has 2 aromatic rings. The van der Waals surface area contributed by atoms with Gasteiger partial charge in [-0.25, -0.2) is 4.79 Å². The van der Waals surface area contributed by atoms with Gasteiger partial charge in [0.25, 0.3) is 11.5 Å². The van der Waals surface area contributed by atoms with E-state index in [0.29, 0.717) is 11.8 Å². The summed E-state index contributed by atoms with van der Waals surface area (Å²) < 4.78 is 5.05. The maximum atomic E-state index is 12.0. The van der Waals surface area contributed by atoms with Crippen molar-refractivity contribution < 1.29 is 24.0 Å². The Morgan fingerprint density at radius 2 is 1.81 bits per heavy atom. The van der Waals surface area contributed by atoms with Crippen molar-refractivity contribution in [2.45, 2.75) is 19.1 Å². The van der Waals surface area contributed by atoms with Crippen molar-refractivity contribution in [2.24, 2.45) is 0 Å². The van der Waals surface area contributed by atoms with E-state index >= 15 is 0 Å². The zero-order valence-electron chi connectivity index (χ0n) is 14.1. The van der Waals surface area contributed by atoms with Gasteiger partial charge in [-0.1, -0.05) is 30.3 Å². The van der Waals surface area contributed by atoms with Gasteiger partial charge >= 0.3 is 12.3 Å². The quantitative estimate of drug-likeness (QED) is 0.251. The number of hydrogen-bond donors (Lipinski definition) is 1. The smallest absolute Gasteiger partial charge is 0.408 e. The van der Waals surface area contributed by atoms with E-state index < -0.39 is 22.8 Å². The van der Waals surface area contributed by atoms with Gasteiger partial charge in [0.05, 0.1) is 4.92 Å². The summed E-state index contributed by atoms with van der Waals surface area (Å²) in [7, 11) is 0. The van der Waals surface area contributed by atoms with Crippen molar-refractivity contribution in [3.05, 3.63) is 81.4 Å². The second-order valence-corrected chi connectivity index (χ2v) is 5.53. The SMILES string of the molecule is [N-]=[N+]=CC(=O)C(Cc1ccccc1)NC(=O)OCc1ccc([N+](=O)[O-])cc1. The zero-order chi connectivity index (χ0) is 19.6. The molecule has 0 aromatic heterocycles. The number of carbonyl (C=O) groups is 2. The average Bonchev–Trinajstić information content (AvgIpc) is 2.67. The number of nitro benzene ring substituents is 1. The first-order chi connectivity index (χ1) is 13.0. The van der Waals surface area contributed by atoms with Gasteiger partial charge in [-0.05, 0) is 23.3 Å². The van der Waals surface area contributed by atoms with E-state index in [9.17, 15) is 19.7 Å². The lowest BCUT2D eigenvalue weighted by Crippen LogP contribution is -2.43. The Labute approximate surface area is 154 Å². The van der Waals surface area contributed by atoms with Crippen molar-refractivity contribution in [3.63, 3.8) is 0 Å². The van der Waals surface area contributed by atoms with E-state index in [2.05, 4.69) is 10.1 Å². The summed E-state index contributed by atoms with van der Waals surface area (Å²) in [6.45, 7) is -0.121. The number of benzene rings is 2. The number of hydrogen-bond acceptors (Lipinski definition) is 5. The number of Topliss-reactive ketones (excluding diaryl/α,β-unsaturated/α-hetero) is 1. The molecule has 0 aliphatic carbocycles. The van der Waals surface area contributed by atoms with Crippen LogP contribution >= 0.6 is 0 Å². The average molecular weight is 368 g/mol. The molecule has 0 aliphatic heterocycles. The van der Waals surface area contributed by atoms with Gasteiger partial charge in [0, 0.05) is 18.6 Å². The van der Waals surface area contributed by atoms with E-state index in [1.165, 1.54) is 24.3 Å². The number of nitro groups is 1. The summed E-state index contributed by atoms with van der Waals surface area (Å²) in [6.07, 6.45) is 0.0664. The lowest BCUT2D eigenvalue weighted by Gasteiger charge is -2.14. The number of carbonyl (C=O) groups excluding carboxylic acids is 2. The minimum Gasteiger partial charge on any atom is -0.445 e. The van der Waals surface area contributed by atoms with Crippen LogP contribution in [0, 0.1) is 10.1 Å². The normalized spacial score (nSPS) is 11.0. The van der Waals surface area contributed by atoms with Crippen LogP contribution in [-0.4, -0.2) is 33.8 Å². The number of nitrogens with one attached hydrogen (secondary N) is 1. The van der Waals surface area contributed by atoms with Gasteiger partial charge in [-0.2, -0.15) is 4.79 Å². The molecule has 1 unspecified atom stereocenters. The van der Waals surface area contributed by atoms with Crippen LogP contribution in [0.3, 0.4) is 0 Å². The highest BCUT2D eigenvalue weighted by Gasteiger charge is 2.23. The molecule has 0 bridgehead atoms. The van der Waals surface area contributed by atoms with Crippen molar-refractivity contribution in [1.29, 1.82) is 0 Å². The number of ketones is 1. The molecule has 0 saturated carbocycles. The molecule has 9 heteroatoms. The van der Waals surface area contributed by atoms with Gasteiger partial charge < -0.3 is 15.6 Å². The molecule has 138 valence electrons. The molecule has 2 rings (SSSR count). The maximum absolute atomic E-state index is 12.0. The van der Waals surface area contributed by atoms with Crippen LogP contribution in [0.25, 0.3) is 5.53 Å². The number of ether oxygens (including phenoxy) is 1. The van der Waals surface area contributed by atoms with Gasteiger partial charge in [0.1, 0.15) is 12.6 Å². The second-order valence-electron chi connectivity index (χ2n) is 5.53. The first-order valence-electron chi connectivity index (χ1n) is 7.91. The maximum Gasteiger partial charge on any atom is 0.408 e. The minimum atomic E-state index is -0.965. The largest absolute Gasteiger partial charge is 0.445 e. The topological polar surface area (TPSA) is 135 Å². The third kappa shape index (κ3) is 6.18. The van der Waals surface area contributed by atoms with Crippen LogP contribution < -0.4 is 5.32 Å². The number of nitrogens with zero attached hydrogens (tertiary/aromatic N) is 3. The van der Waals surface area contributed by atoms with Crippen molar-refractivity contribution in [3.8, 4) is 0 Å². The highest BCUT2D eigenvalue weighted by atomic mass is 16.6. The number of alkyl carbamates (subject to hydrolysis) is 1. The predicted octanol–water partition coefficient (Wildman–Crippen LogP) is 2.30. The first kappa shape index (κ1) is 19.5. The van der Waals surface area contributed by atoms with Crippen LogP contribution in [0.15, 0.2) is 54.6 Å². The Hall–Kier alpha value is -3.84. The summed E-state index contributed by atoms with van der Waals surface area (Å²) in [5, 5.41) is 13.0. The highest BCUT2D eigenvalue weighted by molar-refractivity contribution is 6.28. The highest BCUT2D eigenvalue weighted by Crippen LogP contribution is 2.12. The summed E-state index contributed by atoms with van der Waals surface area (Å²) >= 11 is 0. The van der Waals surface area contributed by atoms with E-state index in [0.717, 1.165) is 5.56 Å². The van der Waals surface area contributed by atoms with Crippen molar-refractivity contribution in [2.75, 3.05) is 0 Å². The van der Waals surface area contributed by atoms with Crippen LogP contribution in [-0.2, 0) is 22.6 Å². The molecule has 27 heavy (non-hydrogen) atoms. The standard InChI is InChI=1S/C18H16N4O5/c19-20-11-17(23)16(10-13-4-2-1-3-5-13)21-18(24)27-12-14-6-8-15(9-7-14)22(25)26/h1-9,11,16H,10,12H2,(H,21,24). The Morgan fingerprint density at radius 1 is 1.15 bits per heavy atom. The molecule has 1 amide bonds. The molecular formula is C18H16N4O5. The summed E-state index contributed by atoms with van der Waals surface area (Å²) in [4.78, 5) is 36.8. The van der Waals surface area contributed by atoms with E-state index in [-0.39, 0.29) is 18.7 Å². The molecule has 2 aromatic carbocycles. The van der Waals surface area contributed by atoms with E-state index in [1.807, 2.05) is 6.07 Å². The fourth-order valence-corrected chi connectivity index (χ4v) is 2.27. The van der Waals surface area contributed by atoms with Crippen LogP contribution in [0.2, 0.25) is 0 Å². The Balaban J connectivity index is 1.97. The van der Waals surface area contributed by atoms with E-state index in [4.69, 9.17) is 10.3 Å². The molecule has 0 saturated heterocycles. The van der Waals surface area contributed by atoms with Crippen LogP contribution in [0.4, 0.5) is 10.5 Å². The molecule has 0 radical (unpaired) electrons. The third-order valence-electron chi connectivity index (χ3n) is 3.62. The molecule has 9 nitrogen and oxygen atoms in total. The molecule has 0 heterocycles. The molecular weight excluding hydrogens is 352 g/mol. The van der Waals surface area contributed by atoms with Crippen molar-refractivity contribution >= 4 is 23.8 Å². The van der Waals surface area contributed by atoms with Gasteiger partial charge in [0.15, 0.2) is 0 Å². The lowest BCUT2D eigenvalue weighted by atomic mass is 10.0. The summed E-state index contributed by atoms with van der Waals surface area (Å²) in [5.74, 6) is -0.589. The van der Waals surface area contributed by atoms with E-state index in [1.54, 1.807) is 24.3 Å².